The lowest BCUT2D eigenvalue weighted by Gasteiger charge is -2.34. The van der Waals surface area contributed by atoms with Crippen molar-refractivity contribution in [1.29, 1.82) is 0 Å². The van der Waals surface area contributed by atoms with Crippen LogP contribution in [0.2, 0.25) is 5.02 Å². The monoisotopic (exact) mass is 316 g/mol. The van der Waals surface area contributed by atoms with Gasteiger partial charge in [-0.15, -0.1) is 0 Å². The smallest absolute Gasteiger partial charge is 0.255 e. The molecule has 0 radical (unpaired) electrons. The van der Waals surface area contributed by atoms with E-state index in [0.717, 1.165) is 24.1 Å². The van der Waals surface area contributed by atoms with E-state index in [1.165, 1.54) is 0 Å². The summed E-state index contributed by atoms with van der Waals surface area (Å²) in [5.41, 5.74) is 0.631. The molecule has 0 aliphatic carbocycles. The number of carbonyl (C=O) groups excluding carboxylic acids is 1. The second-order valence-electron chi connectivity index (χ2n) is 4.18. The van der Waals surface area contributed by atoms with Crippen molar-refractivity contribution < 1.29 is 4.79 Å². The second-order valence-corrected chi connectivity index (χ2v) is 5.47. The van der Waals surface area contributed by atoms with Gasteiger partial charge in [0, 0.05) is 35.2 Å². The summed E-state index contributed by atoms with van der Waals surface area (Å²) in [6.07, 6.45) is 0. The number of hydrogen-bond acceptors (Lipinski definition) is 2. The molecular formula is C12H14BrClN2O. The van der Waals surface area contributed by atoms with Gasteiger partial charge >= 0.3 is 0 Å². The number of benzene rings is 1. The first-order chi connectivity index (χ1) is 8.09. The number of piperazine rings is 1. The van der Waals surface area contributed by atoms with Crippen LogP contribution in [0.25, 0.3) is 0 Å². The minimum absolute atomic E-state index is 0.0355. The Kier molecular flexibility index (Phi) is 4.07. The average molecular weight is 318 g/mol. The molecule has 1 aromatic carbocycles. The summed E-state index contributed by atoms with van der Waals surface area (Å²) in [6.45, 7) is 4.46. The van der Waals surface area contributed by atoms with Gasteiger partial charge in [-0.3, -0.25) is 4.79 Å². The Morgan fingerprint density at radius 1 is 1.59 bits per heavy atom. The molecule has 1 atom stereocenters. The van der Waals surface area contributed by atoms with E-state index < -0.39 is 0 Å². The zero-order chi connectivity index (χ0) is 12.4. The van der Waals surface area contributed by atoms with Gasteiger partial charge in [0.15, 0.2) is 0 Å². The molecule has 0 bridgehead atoms. The summed E-state index contributed by atoms with van der Waals surface area (Å²) < 4.78 is 0.789. The van der Waals surface area contributed by atoms with Crippen LogP contribution in [0.5, 0.6) is 0 Å². The molecule has 5 heteroatoms. The van der Waals surface area contributed by atoms with Crippen LogP contribution in [0.1, 0.15) is 17.3 Å². The Morgan fingerprint density at radius 2 is 2.35 bits per heavy atom. The predicted molar refractivity (Wildman–Crippen MR) is 72.5 cm³/mol. The summed E-state index contributed by atoms with van der Waals surface area (Å²) in [7, 11) is 0. The largest absolute Gasteiger partial charge is 0.333 e. The SMILES string of the molecule is CC1CNCCN1C(=O)c1cc(Cl)ccc1Br. The van der Waals surface area contributed by atoms with Gasteiger partial charge in [0.2, 0.25) is 0 Å². The highest BCUT2D eigenvalue weighted by Gasteiger charge is 2.25. The Bertz CT molecular complexity index is 439. The van der Waals surface area contributed by atoms with Crippen LogP contribution >= 0.6 is 27.5 Å². The van der Waals surface area contributed by atoms with Gasteiger partial charge in [-0.2, -0.15) is 0 Å². The predicted octanol–water partition coefficient (Wildman–Crippen LogP) is 2.54. The lowest BCUT2D eigenvalue weighted by molar-refractivity contribution is 0.0655. The van der Waals surface area contributed by atoms with E-state index in [1.54, 1.807) is 12.1 Å². The fourth-order valence-corrected chi connectivity index (χ4v) is 2.55. The molecule has 0 aromatic heterocycles. The van der Waals surface area contributed by atoms with Crippen molar-refractivity contribution >= 4 is 33.4 Å². The maximum Gasteiger partial charge on any atom is 0.255 e. The quantitative estimate of drug-likeness (QED) is 0.863. The van der Waals surface area contributed by atoms with Gasteiger partial charge in [-0.1, -0.05) is 11.6 Å². The van der Waals surface area contributed by atoms with Gasteiger partial charge in [0.25, 0.3) is 5.91 Å². The Labute approximate surface area is 114 Å². The summed E-state index contributed by atoms with van der Waals surface area (Å²) in [5, 5.41) is 3.85. The number of nitrogens with zero attached hydrogens (tertiary/aromatic N) is 1. The number of nitrogens with one attached hydrogen (secondary N) is 1. The van der Waals surface area contributed by atoms with E-state index in [1.807, 2.05) is 17.9 Å². The van der Waals surface area contributed by atoms with Crippen molar-refractivity contribution in [3.8, 4) is 0 Å². The summed E-state index contributed by atoms with van der Waals surface area (Å²) in [4.78, 5) is 14.3. The number of hydrogen-bond donors (Lipinski definition) is 1. The van der Waals surface area contributed by atoms with Crippen LogP contribution < -0.4 is 5.32 Å². The van der Waals surface area contributed by atoms with Crippen molar-refractivity contribution in [2.24, 2.45) is 0 Å². The molecule has 17 heavy (non-hydrogen) atoms. The fourth-order valence-electron chi connectivity index (χ4n) is 1.96. The van der Waals surface area contributed by atoms with Gasteiger partial charge in [-0.05, 0) is 41.1 Å². The van der Waals surface area contributed by atoms with Gasteiger partial charge < -0.3 is 10.2 Å². The summed E-state index contributed by atoms with van der Waals surface area (Å²) in [5.74, 6) is 0.0355. The van der Waals surface area contributed by atoms with E-state index in [9.17, 15) is 4.79 Å². The molecule has 1 N–H and O–H groups in total. The fraction of sp³-hybridized carbons (Fsp3) is 0.417. The van der Waals surface area contributed by atoms with Gasteiger partial charge in [0.1, 0.15) is 0 Å². The van der Waals surface area contributed by atoms with Crippen LogP contribution in [0.4, 0.5) is 0 Å². The molecule has 3 nitrogen and oxygen atoms in total. The van der Waals surface area contributed by atoms with Crippen LogP contribution in [0.15, 0.2) is 22.7 Å². The number of amides is 1. The average Bonchev–Trinajstić information content (AvgIpc) is 2.32. The lowest BCUT2D eigenvalue weighted by Crippen LogP contribution is -2.52. The van der Waals surface area contributed by atoms with Crippen molar-refractivity contribution in [2.75, 3.05) is 19.6 Å². The zero-order valence-electron chi connectivity index (χ0n) is 9.54. The maximum absolute atomic E-state index is 12.4. The molecule has 0 saturated carbocycles. The highest BCUT2D eigenvalue weighted by Crippen LogP contribution is 2.23. The topological polar surface area (TPSA) is 32.3 Å². The van der Waals surface area contributed by atoms with Gasteiger partial charge in [-0.25, -0.2) is 0 Å². The second kappa shape index (κ2) is 5.38. The molecule has 2 rings (SSSR count). The first kappa shape index (κ1) is 12.9. The van der Waals surface area contributed by atoms with Crippen molar-refractivity contribution in [3.05, 3.63) is 33.3 Å². The molecule has 1 fully saturated rings. The van der Waals surface area contributed by atoms with Crippen molar-refractivity contribution in [3.63, 3.8) is 0 Å². The Balaban J connectivity index is 2.26. The van der Waals surface area contributed by atoms with E-state index >= 15 is 0 Å². The van der Waals surface area contributed by atoms with E-state index in [4.69, 9.17) is 11.6 Å². The molecule has 0 spiro atoms. The number of halogens is 2. The highest BCUT2D eigenvalue weighted by molar-refractivity contribution is 9.10. The van der Waals surface area contributed by atoms with Crippen LogP contribution in [0.3, 0.4) is 0 Å². The summed E-state index contributed by atoms with van der Waals surface area (Å²) in [6, 6.07) is 5.50. The third kappa shape index (κ3) is 2.81. The maximum atomic E-state index is 12.4. The normalized spacial score (nSPS) is 20.4. The van der Waals surface area contributed by atoms with Crippen LogP contribution in [0, 0.1) is 0 Å². The Morgan fingerprint density at radius 3 is 3.06 bits per heavy atom. The first-order valence-corrected chi connectivity index (χ1v) is 6.73. The van der Waals surface area contributed by atoms with E-state index in [-0.39, 0.29) is 11.9 Å². The lowest BCUT2D eigenvalue weighted by atomic mass is 10.1. The third-order valence-electron chi connectivity index (χ3n) is 2.92. The molecule has 1 heterocycles. The zero-order valence-corrected chi connectivity index (χ0v) is 11.9. The van der Waals surface area contributed by atoms with Crippen LogP contribution in [-0.4, -0.2) is 36.5 Å². The highest BCUT2D eigenvalue weighted by atomic mass is 79.9. The minimum atomic E-state index is 0.0355. The number of carbonyl (C=O) groups is 1. The molecule has 1 aromatic rings. The van der Waals surface area contributed by atoms with Crippen LogP contribution in [-0.2, 0) is 0 Å². The molecular weight excluding hydrogens is 304 g/mol. The molecule has 1 amide bonds. The standard InChI is InChI=1S/C12H14BrClN2O/c1-8-7-15-4-5-16(8)12(17)10-6-9(14)2-3-11(10)13/h2-3,6,8,15H,4-5,7H2,1H3. The molecule has 1 aliphatic rings. The number of rotatable bonds is 1. The third-order valence-corrected chi connectivity index (χ3v) is 3.85. The van der Waals surface area contributed by atoms with Gasteiger partial charge in [0.05, 0.1) is 5.56 Å². The van der Waals surface area contributed by atoms with E-state index in [2.05, 4.69) is 21.2 Å². The van der Waals surface area contributed by atoms with Crippen molar-refractivity contribution in [1.82, 2.24) is 10.2 Å². The first-order valence-electron chi connectivity index (χ1n) is 5.56. The minimum Gasteiger partial charge on any atom is -0.333 e. The van der Waals surface area contributed by atoms with E-state index in [0.29, 0.717) is 10.6 Å². The molecule has 92 valence electrons. The molecule has 1 aliphatic heterocycles. The molecule has 1 saturated heterocycles. The summed E-state index contributed by atoms with van der Waals surface area (Å²) >= 11 is 9.33. The Hall–Kier alpha value is -0.580. The van der Waals surface area contributed by atoms with Crippen molar-refractivity contribution in [2.45, 2.75) is 13.0 Å². The molecule has 1 unspecified atom stereocenters.